The number of carboxylic acids is 1. The van der Waals surface area contributed by atoms with E-state index in [9.17, 15) is 13.2 Å². The van der Waals surface area contributed by atoms with Crippen LogP contribution in [0.1, 0.15) is 27.2 Å². The summed E-state index contributed by atoms with van der Waals surface area (Å²) in [6, 6.07) is 2.97. The molecule has 0 fully saturated rings. The first-order valence-corrected chi connectivity index (χ1v) is 8.38. The average molecular weight is 335 g/mol. The topological polar surface area (TPSA) is 109 Å². The van der Waals surface area contributed by atoms with Gasteiger partial charge >= 0.3 is 5.97 Å². The number of nitrogens with zero attached hydrogens (tertiary/aromatic N) is 2. The third-order valence-electron chi connectivity index (χ3n) is 3.44. The standard InChI is InChI=1S/C15H17N3O4S/c1-10-3-5-16-8-12(10)4-6-18-23(21,22)13-7-14(15(19)20)11(2)17-9-13/h3,5,7-9,18H,4,6H2,1-2H3,(H,19,20). The first-order chi connectivity index (χ1) is 10.8. The van der Waals surface area contributed by atoms with Gasteiger partial charge in [-0.05, 0) is 43.5 Å². The number of aromatic carboxylic acids is 1. The summed E-state index contributed by atoms with van der Waals surface area (Å²) in [6.07, 6.45) is 5.01. The Hall–Kier alpha value is -2.32. The van der Waals surface area contributed by atoms with Gasteiger partial charge < -0.3 is 5.11 Å². The van der Waals surface area contributed by atoms with Crippen LogP contribution in [0, 0.1) is 13.8 Å². The Bertz CT molecular complexity index is 834. The fourth-order valence-electron chi connectivity index (χ4n) is 2.04. The van der Waals surface area contributed by atoms with Gasteiger partial charge in [-0.3, -0.25) is 9.97 Å². The van der Waals surface area contributed by atoms with Gasteiger partial charge in [0.05, 0.1) is 11.3 Å². The van der Waals surface area contributed by atoms with Gasteiger partial charge in [-0.15, -0.1) is 0 Å². The van der Waals surface area contributed by atoms with Crippen molar-refractivity contribution in [3.05, 3.63) is 53.1 Å². The first-order valence-electron chi connectivity index (χ1n) is 6.90. The maximum atomic E-state index is 12.2. The van der Waals surface area contributed by atoms with Crippen LogP contribution >= 0.6 is 0 Å². The molecule has 122 valence electrons. The van der Waals surface area contributed by atoms with Crippen LogP contribution < -0.4 is 4.72 Å². The van der Waals surface area contributed by atoms with Crippen molar-refractivity contribution in [2.24, 2.45) is 0 Å². The fraction of sp³-hybridized carbons (Fsp3) is 0.267. The summed E-state index contributed by atoms with van der Waals surface area (Å²) in [5.74, 6) is -1.21. The van der Waals surface area contributed by atoms with E-state index < -0.39 is 16.0 Å². The van der Waals surface area contributed by atoms with Crippen LogP contribution in [-0.2, 0) is 16.4 Å². The zero-order valence-corrected chi connectivity index (χ0v) is 13.6. The minimum Gasteiger partial charge on any atom is -0.478 e. The van der Waals surface area contributed by atoms with Crippen LogP contribution in [0.4, 0.5) is 0 Å². The highest BCUT2D eigenvalue weighted by Gasteiger charge is 2.18. The van der Waals surface area contributed by atoms with E-state index in [1.807, 2.05) is 13.0 Å². The summed E-state index contributed by atoms with van der Waals surface area (Å²) in [7, 11) is -3.81. The van der Waals surface area contributed by atoms with Crippen LogP contribution in [0.5, 0.6) is 0 Å². The highest BCUT2D eigenvalue weighted by Crippen LogP contribution is 2.13. The van der Waals surface area contributed by atoms with E-state index in [2.05, 4.69) is 14.7 Å². The average Bonchev–Trinajstić information content (AvgIpc) is 2.49. The van der Waals surface area contributed by atoms with Gasteiger partial charge in [-0.25, -0.2) is 17.9 Å². The highest BCUT2D eigenvalue weighted by molar-refractivity contribution is 7.89. The zero-order chi connectivity index (χ0) is 17.0. The number of pyridine rings is 2. The van der Waals surface area contributed by atoms with Gasteiger partial charge in [-0.1, -0.05) is 0 Å². The molecule has 0 radical (unpaired) electrons. The second kappa shape index (κ2) is 6.84. The van der Waals surface area contributed by atoms with Crippen molar-refractivity contribution in [1.82, 2.24) is 14.7 Å². The van der Waals surface area contributed by atoms with Crippen LogP contribution in [0.2, 0.25) is 0 Å². The molecule has 0 saturated heterocycles. The molecule has 2 aromatic rings. The Kier molecular flexibility index (Phi) is 5.07. The van der Waals surface area contributed by atoms with E-state index in [-0.39, 0.29) is 22.7 Å². The summed E-state index contributed by atoms with van der Waals surface area (Å²) in [4.78, 5) is 18.8. The summed E-state index contributed by atoms with van der Waals surface area (Å²) < 4.78 is 26.9. The molecule has 2 heterocycles. The van der Waals surface area contributed by atoms with E-state index in [0.29, 0.717) is 6.42 Å². The van der Waals surface area contributed by atoms with Gasteiger partial charge in [-0.2, -0.15) is 0 Å². The Balaban J connectivity index is 2.12. The third kappa shape index (κ3) is 4.11. The lowest BCUT2D eigenvalue weighted by molar-refractivity contribution is 0.0695. The van der Waals surface area contributed by atoms with Crippen LogP contribution in [0.15, 0.2) is 35.6 Å². The summed E-state index contributed by atoms with van der Waals surface area (Å²) in [6.45, 7) is 3.62. The number of hydrogen-bond donors (Lipinski definition) is 2. The molecular weight excluding hydrogens is 318 g/mol. The van der Waals surface area contributed by atoms with Crippen molar-refractivity contribution in [1.29, 1.82) is 0 Å². The lowest BCUT2D eigenvalue weighted by Gasteiger charge is -2.09. The fourth-order valence-corrected chi connectivity index (χ4v) is 3.04. The number of aromatic nitrogens is 2. The van der Waals surface area contributed by atoms with E-state index in [0.717, 1.165) is 23.4 Å². The molecule has 0 aliphatic rings. The normalized spacial score (nSPS) is 11.4. The SMILES string of the molecule is Cc1ccncc1CCNS(=O)(=O)c1cnc(C)c(C(=O)O)c1. The number of rotatable bonds is 6. The van der Waals surface area contributed by atoms with Crippen molar-refractivity contribution in [2.75, 3.05) is 6.54 Å². The minimum absolute atomic E-state index is 0.129. The molecule has 2 aromatic heterocycles. The summed E-state index contributed by atoms with van der Waals surface area (Å²) in [5, 5.41) is 9.05. The van der Waals surface area contributed by atoms with E-state index >= 15 is 0 Å². The number of nitrogens with one attached hydrogen (secondary N) is 1. The second-order valence-corrected chi connectivity index (χ2v) is 6.83. The van der Waals surface area contributed by atoms with E-state index in [4.69, 9.17) is 5.11 Å². The largest absolute Gasteiger partial charge is 0.478 e. The quantitative estimate of drug-likeness (QED) is 0.824. The Morgan fingerprint density at radius 2 is 2.04 bits per heavy atom. The molecule has 0 aliphatic heterocycles. The number of aryl methyl sites for hydroxylation is 2. The van der Waals surface area contributed by atoms with Gasteiger partial charge in [0, 0.05) is 25.1 Å². The Morgan fingerprint density at radius 1 is 1.30 bits per heavy atom. The van der Waals surface area contributed by atoms with Gasteiger partial charge in [0.15, 0.2) is 0 Å². The molecule has 7 nitrogen and oxygen atoms in total. The number of carboxylic acid groups (broad SMARTS) is 1. The van der Waals surface area contributed by atoms with E-state index in [1.54, 1.807) is 12.4 Å². The van der Waals surface area contributed by atoms with Crippen LogP contribution in [-0.4, -0.2) is 36.0 Å². The molecule has 2 rings (SSSR count). The van der Waals surface area contributed by atoms with Crippen LogP contribution in [0.3, 0.4) is 0 Å². The van der Waals surface area contributed by atoms with Crippen molar-refractivity contribution in [3.63, 3.8) is 0 Å². The maximum absolute atomic E-state index is 12.2. The molecule has 0 amide bonds. The molecule has 0 aromatic carbocycles. The highest BCUT2D eigenvalue weighted by atomic mass is 32.2. The predicted octanol–water partition coefficient (Wildman–Crippen LogP) is 1.31. The maximum Gasteiger partial charge on any atom is 0.337 e. The number of carbonyl (C=O) groups is 1. The molecule has 0 aliphatic carbocycles. The lowest BCUT2D eigenvalue weighted by Crippen LogP contribution is -2.26. The third-order valence-corrected chi connectivity index (χ3v) is 4.86. The van der Waals surface area contributed by atoms with Crippen molar-refractivity contribution >= 4 is 16.0 Å². The Labute approximate surface area is 134 Å². The zero-order valence-electron chi connectivity index (χ0n) is 12.8. The molecule has 0 unspecified atom stereocenters. The Morgan fingerprint density at radius 3 is 2.70 bits per heavy atom. The van der Waals surface area contributed by atoms with Crippen molar-refractivity contribution in [3.8, 4) is 0 Å². The molecule has 2 N–H and O–H groups in total. The van der Waals surface area contributed by atoms with Gasteiger partial charge in [0.1, 0.15) is 4.90 Å². The predicted molar refractivity (Wildman–Crippen MR) is 83.8 cm³/mol. The lowest BCUT2D eigenvalue weighted by atomic mass is 10.1. The van der Waals surface area contributed by atoms with Gasteiger partial charge in [0.25, 0.3) is 0 Å². The van der Waals surface area contributed by atoms with E-state index in [1.165, 1.54) is 6.92 Å². The van der Waals surface area contributed by atoms with Crippen molar-refractivity contribution in [2.45, 2.75) is 25.2 Å². The molecule has 0 bridgehead atoms. The second-order valence-electron chi connectivity index (χ2n) is 5.06. The van der Waals surface area contributed by atoms with Crippen molar-refractivity contribution < 1.29 is 18.3 Å². The minimum atomic E-state index is -3.81. The summed E-state index contributed by atoms with van der Waals surface area (Å²) in [5.41, 5.74) is 2.12. The molecule has 23 heavy (non-hydrogen) atoms. The monoisotopic (exact) mass is 335 g/mol. The molecule has 0 saturated carbocycles. The summed E-state index contributed by atoms with van der Waals surface area (Å²) >= 11 is 0. The molecular formula is C15H17N3O4S. The number of hydrogen-bond acceptors (Lipinski definition) is 5. The molecule has 0 spiro atoms. The molecule has 8 heteroatoms. The van der Waals surface area contributed by atoms with Crippen LogP contribution in [0.25, 0.3) is 0 Å². The number of sulfonamides is 1. The molecule has 0 atom stereocenters. The first kappa shape index (κ1) is 17.0. The smallest absolute Gasteiger partial charge is 0.337 e. The van der Waals surface area contributed by atoms with Gasteiger partial charge in [0.2, 0.25) is 10.0 Å².